The molecule has 4 heterocycles. The third-order valence-electron chi connectivity index (χ3n) is 7.29. The number of aliphatic hydroxyl groups is 1. The number of fused-ring (bicyclic) bond motifs is 3. The number of aliphatic hydroxyl groups excluding tert-OH is 1. The molecule has 5 atom stereocenters. The number of imidazole rings is 1. The van der Waals surface area contributed by atoms with Gasteiger partial charge < -0.3 is 34.5 Å². The largest absolute Gasteiger partial charge is 0.456 e. The number of aromatic nitrogens is 3. The molecule has 2 saturated heterocycles. The summed E-state index contributed by atoms with van der Waals surface area (Å²) in [5.41, 5.74) is 2.63. The molecule has 0 saturated carbocycles. The number of nitrogens with zero attached hydrogens (tertiary/aromatic N) is 3. The predicted octanol–water partition coefficient (Wildman–Crippen LogP) is 3.87. The molecular formula is C27H33ClFN5O5. The number of nitrogens with one attached hydrogen (secondary N) is 2. The highest BCUT2D eigenvalue weighted by Crippen LogP contribution is 2.38. The number of hydrogen-bond acceptors (Lipinski definition) is 8. The second kappa shape index (κ2) is 11.2. The molecule has 0 spiro atoms. The van der Waals surface area contributed by atoms with Crippen molar-refractivity contribution in [1.82, 2.24) is 19.9 Å². The smallest absolute Gasteiger partial charge is 0.296 e. The number of rotatable bonds is 6. The van der Waals surface area contributed by atoms with E-state index in [-0.39, 0.29) is 37.3 Å². The number of hydrogen-bond donors (Lipinski definition) is 3. The molecule has 1 amide bonds. The number of carbonyl (C=O) groups is 1. The van der Waals surface area contributed by atoms with Gasteiger partial charge in [-0.1, -0.05) is 25.4 Å². The molecule has 1 aromatic carbocycles. The van der Waals surface area contributed by atoms with Gasteiger partial charge in [0.15, 0.2) is 11.8 Å². The Morgan fingerprint density at radius 2 is 2.03 bits per heavy atom. The van der Waals surface area contributed by atoms with E-state index in [2.05, 4.69) is 20.3 Å². The van der Waals surface area contributed by atoms with Crippen LogP contribution >= 0.6 is 11.6 Å². The Balaban J connectivity index is 0.00000151. The highest BCUT2D eigenvalue weighted by Gasteiger charge is 2.48. The zero-order chi connectivity index (χ0) is 27.8. The summed E-state index contributed by atoms with van der Waals surface area (Å²) >= 11 is 6.51. The normalized spacial score (nSPS) is 25.2. The van der Waals surface area contributed by atoms with Crippen LogP contribution < -0.4 is 10.1 Å². The van der Waals surface area contributed by atoms with Gasteiger partial charge in [0.25, 0.3) is 11.9 Å². The van der Waals surface area contributed by atoms with Crippen LogP contribution in [0.5, 0.6) is 6.01 Å². The fourth-order valence-corrected chi connectivity index (χ4v) is 5.46. The standard InChI is InChI=1S/C25H27ClFN5O5.C2H6/c1-3-32(2)24(34)12-6-11-4-5-15(19(11)14(27)7-12)28-22-13(26)8-16-23(30-22)31-25(29-16)37-18-10-36-20-17(33)9-35-21(18)20;1-2/h6-8,15,17-18,20-21,33H,3-5,9-10H2,1-2H3,(H2,28,29,30,31);1-2H3/t15?,17-,18-,20-,21-;/m1./s1. The van der Waals surface area contributed by atoms with Crippen molar-refractivity contribution in [2.45, 2.75) is 64.1 Å². The average molecular weight is 562 g/mol. The molecular weight excluding hydrogens is 529 g/mol. The second-order valence-corrected chi connectivity index (χ2v) is 10.0. The molecule has 39 heavy (non-hydrogen) atoms. The molecule has 210 valence electrons. The number of anilines is 1. The molecule has 1 unspecified atom stereocenters. The first-order valence-electron chi connectivity index (χ1n) is 13.3. The number of benzene rings is 1. The average Bonchev–Trinajstić information content (AvgIpc) is 3.71. The van der Waals surface area contributed by atoms with E-state index in [0.29, 0.717) is 52.5 Å². The molecule has 2 aliphatic heterocycles. The fraction of sp³-hybridized carbons (Fsp3) is 0.519. The van der Waals surface area contributed by atoms with Gasteiger partial charge in [-0.3, -0.25) is 4.79 Å². The number of aryl methyl sites for hydroxylation is 1. The third kappa shape index (κ3) is 5.16. The Hall–Kier alpha value is -2.99. The van der Waals surface area contributed by atoms with Crippen LogP contribution in [0.4, 0.5) is 10.2 Å². The van der Waals surface area contributed by atoms with Crippen LogP contribution in [0, 0.1) is 5.82 Å². The Bertz CT molecular complexity index is 1370. The lowest BCUT2D eigenvalue weighted by atomic mass is 10.0. The molecule has 2 fully saturated rings. The first-order valence-corrected chi connectivity index (χ1v) is 13.7. The summed E-state index contributed by atoms with van der Waals surface area (Å²) in [6.07, 6.45) is -0.596. The molecule has 0 radical (unpaired) electrons. The molecule has 2 aromatic heterocycles. The number of ether oxygens (including phenoxy) is 3. The molecule has 3 aliphatic rings. The maximum atomic E-state index is 15.2. The maximum Gasteiger partial charge on any atom is 0.296 e. The first-order chi connectivity index (χ1) is 18.8. The van der Waals surface area contributed by atoms with Gasteiger partial charge in [0.2, 0.25) is 0 Å². The van der Waals surface area contributed by atoms with Crippen LogP contribution in [0.1, 0.15) is 54.7 Å². The quantitative estimate of drug-likeness (QED) is 0.414. The zero-order valence-corrected chi connectivity index (χ0v) is 23.1. The van der Waals surface area contributed by atoms with Crippen LogP contribution in [0.3, 0.4) is 0 Å². The van der Waals surface area contributed by atoms with Crippen molar-refractivity contribution < 1.29 is 28.5 Å². The highest BCUT2D eigenvalue weighted by atomic mass is 35.5. The van der Waals surface area contributed by atoms with Crippen molar-refractivity contribution in [3.8, 4) is 6.01 Å². The number of aromatic amines is 1. The molecule has 6 rings (SSSR count). The van der Waals surface area contributed by atoms with E-state index in [9.17, 15) is 9.90 Å². The van der Waals surface area contributed by atoms with Gasteiger partial charge in [0.05, 0.1) is 29.8 Å². The Labute approximate surface area is 230 Å². The number of carbonyl (C=O) groups excluding carboxylic acids is 1. The van der Waals surface area contributed by atoms with Crippen molar-refractivity contribution in [1.29, 1.82) is 0 Å². The fourth-order valence-electron chi connectivity index (χ4n) is 5.25. The van der Waals surface area contributed by atoms with Gasteiger partial charge in [0.1, 0.15) is 29.9 Å². The summed E-state index contributed by atoms with van der Waals surface area (Å²) < 4.78 is 32.3. The molecule has 10 nitrogen and oxygen atoms in total. The van der Waals surface area contributed by atoms with Gasteiger partial charge in [-0.15, -0.1) is 0 Å². The molecule has 0 bridgehead atoms. The van der Waals surface area contributed by atoms with Gasteiger partial charge in [0, 0.05) is 24.7 Å². The summed E-state index contributed by atoms with van der Waals surface area (Å²) in [5, 5.41) is 13.5. The van der Waals surface area contributed by atoms with Gasteiger partial charge in [-0.25, -0.2) is 9.37 Å². The number of pyridine rings is 1. The van der Waals surface area contributed by atoms with Crippen LogP contribution in [0.25, 0.3) is 11.2 Å². The summed E-state index contributed by atoms with van der Waals surface area (Å²) in [6.45, 7) is 6.90. The highest BCUT2D eigenvalue weighted by molar-refractivity contribution is 6.33. The minimum Gasteiger partial charge on any atom is -0.456 e. The molecule has 1 aliphatic carbocycles. The summed E-state index contributed by atoms with van der Waals surface area (Å²) in [7, 11) is 1.69. The topological polar surface area (TPSA) is 122 Å². The van der Waals surface area contributed by atoms with E-state index < -0.39 is 24.1 Å². The monoisotopic (exact) mass is 561 g/mol. The second-order valence-electron chi connectivity index (χ2n) is 9.64. The zero-order valence-electron chi connectivity index (χ0n) is 22.3. The summed E-state index contributed by atoms with van der Waals surface area (Å²) in [5.74, 6) is -0.256. The lowest BCUT2D eigenvalue weighted by molar-refractivity contribution is 0.00706. The van der Waals surface area contributed by atoms with Crippen LogP contribution in [-0.4, -0.2) is 82.1 Å². The number of amides is 1. The summed E-state index contributed by atoms with van der Waals surface area (Å²) in [4.78, 5) is 26.1. The molecule has 3 aromatic rings. The minimum atomic E-state index is -0.668. The van der Waals surface area contributed by atoms with Crippen LogP contribution in [-0.2, 0) is 15.9 Å². The Kier molecular flexibility index (Phi) is 7.95. The summed E-state index contributed by atoms with van der Waals surface area (Å²) in [6, 6.07) is 4.65. The van der Waals surface area contributed by atoms with Gasteiger partial charge >= 0.3 is 0 Å². The van der Waals surface area contributed by atoms with Crippen molar-refractivity contribution in [2.75, 3.05) is 32.1 Å². The molecule has 3 N–H and O–H groups in total. The van der Waals surface area contributed by atoms with Gasteiger partial charge in [-0.2, -0.15) is 4.98 Å². The van der Waals surface area contributed by atoms with Crippen molar-refractivity contribution >= 4 is 34.5 Å². The first kappa shape index (κ1) is 27.6. The SMILES string of the molecule is CC.CCN(C)C(=O)c1cc(F)c2c(c1)CCC2Nc1nc2nc(O[C@@H]3CO[C@H]4[C@@H]3OC[C@H]4O)[nH]c2cc1Cl. The minimum absolute atomic E-state index is 0.206. The van der Waals surface area contributed by atoms with Crippen LogP contribution in [0.15, 0.2) is 18.2 Å². The lowest BCUT2D eigenvalue weighted by Crippen LogP contribution is -2.34. The van der Waals surface area contributed by atoms with E-state index >= 15 is 4.39 Å². The van der Waals surface area contributed by atoms with E-state index in [1.54, 1.807) is 24.1 Å². The van der Waals surface area contributed by atoms with E-state index in [4.69, 9.17) is 25.8 Å². The van der Waals surface area contributed by atoms with Crippen molar-refractivity contribution in [3.05, 3.63) is 45.7 Å². The third-order valence-corrected chi connectivity index (χ3v) is 7.58. The van der Waals surface area contributed by atoms with Crippen molar-refractivity contribution in [3.63, 3.8) is 0 Å². The predicted molar refractivity (Wildman–Crippen MR) is 144 cm³/mol. The van der Waals surface area contributed by atoms with E-state index in [1.807, 2.05) is 20.8 Å². The Morgan fingerprint density at radius 3 is 2.79 bits per heavy atom. The van der Waals surface area contributed by atoms with E-state index in [1.165, 1.54) is 6.07 Å². The van der Waals surface area contributed by atoms with Crippen molar-refractivity contribution in [2.24, 2.45) is 0 Å². The van der Waals surface area contributed by atoms with Crippen LogP contribution in [0.2, 0.25) is 5.02 Å². The number of H-pyrrole nitrogens is 1. The Morgan fingerprint density at radius 1 is 1.26 bits per heavy atom. The number of halogens is 2. The lowest BCUT2D eigenvalue weighted by Gasteiger charge is -2.18. The van der Waals surface area contributed by atoms with E-state index in [0.717, 1.165) is 5.56 Å². The molecule has 12 heteroatoms. The van der Waals surface area contributed by atoms with Gasteiger partial charge in [-0.05, 0) is 43.5 Å². The maximum absolute atomic E-state index is 15.2.